The first kappa shape index (κ1) is 19.0. The molecule has 1 aromatic heterocycles. The van der Waals surface area contributed by atoms with Gasteiger partial charge in [-0.05, 0) is 49.2 Å². The minimum atomic E-state index is 0.340. The molecule has 0 amide bonds. The molecule has 0 atom stereocenters. The number of hydrogen-bond acceptors (Lipinski definition) is 5. The van der Waals surface area contributed by atoms with Crippen LogP contribution in [0.15, 0.2) is 75.1 Å². The summed E-state index contributed by atoms with van der Waals surface area (Å²) in [5.41, 5.74) is 3.27. The van der Waals surface area contributed by atoms with E-state index in [9.17, 15) is 5.11 Å². The monoisotopic (exact) mass is 467 g/mol. The van der Waals surface area contributed by atoms with Gasteiger partial charge >= 0.3 is 0 Å². The second-order valence-electron chi connectivity index (χ2n) is 7.54. The van der Waals surface area contributed by atoms with Crippen LogP contribution in [0.4, 0.5) is 11.4 Å². The molecule has 1 N–H and O–H groups in total. The zero-order chi connectivity index (χ0) is 19.8. The van der Waals surface area contributed by atoms with Crippen LogP contribution in [0.5, 0.6) is 5.75 Å². The quantitative estimate of drug-likeness (QED) is 0.525. The third kappa shape index (κ3) is 3.77. The molecule has 1 fully saturated rings. The number of anilines is 2. The molecule has 148 valence electrons. The van der Waals surface area contributed by atoms with Crippen LogP contribution in [0, 0.1) is 0 Å². The number of nitrogens with zero attached hydrogens (tertiary/aromatic N) is 3. The second kappa shape index (κ2) is 8.01. The molecule has 0 spiro atoms. The number of halogens is 1. The molecular formula is C23H22BrN3OS. The lowest BCUT2D eigenvalue weighted by molar-refractivity contribution is 0.202. The fourth-order valence-electron chi connectivity index (χ4n) is 4.30. The predicted octanol–water partition coefficient (Wildman–Crippen LogP) is 5.82. The Morgan fingerprint density at radius 3 is 2.62 bits per heavy atom. The first-order valence-electron chi connectivity index (χ1n) is 9.90. The zero-order valence-corrected chi connectivity index (χ0v) is 18.4. The Hall–Kier alpha value is -2.02. The Labute approximate surface area is 183 Å². The van der Waals surface area contributed by atoms with Crippen LogP contribution in [-0.4, -0.2) is 34.1 Å². The SMILES string of the molecule is Oc1cc(Br)cc2c1N(C1CCN(Cc3ccccn3)CC1)c1ccccc1S2. The van der Waals surface area contributed by atoms with Crippen molar-refractivity contribution in [1.29, 1.82) is 0 Å². The third-order valence-electron chi connectivity index (χ3n) is 5.64. The van der Waals surface area contributed by atoms with Crippen LogP contribution in [-0.2, 0) is 6.54 Å². The Kier molecular flexibility index (Phi) is 5.24. The van der Waals surface area contributed by atoms with E-state index in [4.69, 9.17) is 0 Å². The van der Waals surface area contributed by atoms with Crippen molar-refractivity contribution in [1.82, 2.24) is 9.88 Å². The zero-order valence-electron chi connectivity index (χ0n) is 16.0. The van der Waals surface area contributed by atoms with Gasteiger partial charge in [-0.1, -0.05) is 45.9 Å². The molecule has 1 saturated heterocycles. The number of aromatic nitrogens is 1. The number of phenols is 1. The number of pyridine rings is 1. The maximum atomic E-state index is 10.8. The summed E-state index contributed by atoms with van der Waals surface area (Å²) >= 11 is 5.26. The third-order valence-corrected chi connectivity index (χ3v) is 7.19. The van der Waals surface area contributed by atoms with Crippen LogP contribution >= 0.6 is 27.7 Å². The number of para-hydroxylation sites is 1. The Bertz CT molecular complexity index is 1020. The lowest BCUT2D eigenvalue weighted by atomic mass is 10.0. The standard InChI is InChI=1S/C23H22BrN3OS/c24-16-13-20(28)23-22(14-16)29-21-7-2-1-6-19(21)27(23)18-8-11-26(12-9-18)15-17-5-3-4-10-25-17/h1-7,10,13-14,18,28H,8-9,11-12,15H2. The van der Waals surface area contributed by atoms with Crippen molar-refractivity contribution in [2.45, 2.75) is 35.2 Å². The molecule has 0 saturated carbocycles. The van der Waals surface area contributed by atoms with Gasteiger partial charge in [-0.25, -0.2) is 0 Å². The molecule has 2 aromatic carbocycles. The lowest BCUT2D eigenvalue weighted by Gasteiger charge is -2.43. The Balaban J connectivity index is 1.42. The highest BCUT2D eigenvalue weighted by atomic mass is 79.9. The summed E-state index contributed by atoms with van der Waals surface area (Å²) in [6, 6.07) is 18.9. The van der Waals surface area contributed by atoms with Crippen molar-refractivity contribution in [3.8, 4) is 5.75 Å². The smallest absolute Gasteiger partial charge is 0.141 e. The van der Waals surface area contributed by atoms with Crippen molar-refractivity contribution in [3.05, 3.63) is 71.0 Å². The number of likely N-dealkylation sites (tertiary alicyclic amines) is 1. The highest BCUT2D eigenvalue weighted by molar-refractivity contribution is 9.10. The molecule has 2 aliphatic heterocycles. The number of benzene rings is 2. The Morgan fingerprint density at radius 1 is 1.03 bits per heavy atom. The first-order valence-corrected chi connectivity index (χ1v) is 11.5. The van der Waals surface area contributed by atoms with Gasteiger partial charge in [-0.2, -0.15) is 0 Å². The highest BCUT2D eigenvalue weighted by Crippen LogP contribution is 2.54. The van der Waals surface area contributed by atoms with Crippen molar-refractivity contribution in [2.75, 3.05) is 18.0 Å². The van der Waals surface area contributed by atoms with Gasteiger partial charge in [0, 0.05) is 46.1 Å². The lowest BCUT2D eigenvalue weighted by Crippen LogP contribution is -2.43. The van der Waals surface area contributed by atoms with E-state index < -0.39 is 0 Å². The summed E-state index contributed by atoms with van der Waals surface area (Å²) in [7, 11) is 0. The minimum absolute atomic E-state index is 0.340. The molecule has 0 unspecified atom stereocenters. The molecule has 4 nitrogen and oxygen atoms in total. The average Bonchev–Trinajstić information content (AvgIpc) is 2.73. The van der Waals surface area contributed by atoms with Crippen molar-refractivity contribution in [3.63, 3.8) is 0 Å². The van der Waals surface area contributed by atoms with E-state index >= 15 is 0 Å². The summed E-state index contributed by atoms with van der Waals surface area (Å²) in [5, 5.41) is 10.8. The predicted molar refractivity (Wildman–Crippen MR) is 121 cm³/mol. The van der Waals surface area contributed by atoms with Crippen LogP contribution < -0.4 is 4.90 Å². The summed E-state index contributed by atoms with van der Waals surface area (Å²) in [5.74, 6) is 0.340. The van der Waals surface area contributed by atoms with Gasteiger partial charge in [0.2, 0.25) is 0 Å². The van der Waals surface area contributed by atoms with E-state index in [-0.39, 0.29) is 0 Å². The fraction of sp³-hybridized carbons (Fsp3) is 0.261. The summed E-state index contributed by atoms with van der Waals surface area (Å²) < 4.78 is 0.908. The number of hydrogen-bond donors (Lipinski definition) is 1. The maximum Gasteiger partial charge on any atom is 0.141 e. The molecule has 6 heteroatoms. The average molecular weight is 468 g/mol. The first-order chi connectivity index (χ1) is 14.2. The number of rotatable bonds is 3. The maximum absolute atomic E-state index is 10.8. The van der Waals surface area contributed by atoms with Gasteiger partial charge in [0.25, 0.3) is 0 Å². The van der Waals surface area contributed by atoms with Crippen LogP contribution in [0.1, 0.15) is 18.5 Å². The van der Waals surface area contributed by atoms with Gasteiger partial charge in [0.1, 0.15) is 5.75 Å². The largest absolute Gasteiger partial charge is 0.506 e. The highest BCUT2D eigenvalue weighted by Gasteiger charge is 2.33. The van der Waals surface area contributed by atoms with Gasteiger partial charge in [-0.15, -0.1) is 0 Å². The van der Waals surface area contributed by atoms with E-state index in [1.54, 1.807) is 17.8 Å². The summed E-state index contributed by atoms with van der Waals surface area (Å²) in [6.45, 7) is 2.95. The number of piperidine rings is 1. The molecule has 5 rings (SSSR count). The van der Waals surface area contributed by atoms with E-state index in [0.717, 1.165) is 53.2 Å². The van der Waals surface area contributed by atoms with Gasteiger partial charge in [-0.3, -0.25) is 9.88 Å². The van der Waals surface area contributed by atoms with Crippen molar-refractivity contribution < 1.29 is 5.11 Å². The minimum Gasteiger partial charge on any atom is -0.506 e. The van der Waals surface area contributed by atoms with Crippen molar-refractivity contribution in [2.24, 2.45) is 0 Å². The van der Waals surface area contributed by atoms with Gasteiger partial charge < -0.3 is 10.0 Å². The fourth-order valence-corrected chi connectivity index (χ4v) is 6.03. The number of aromatic hydroxyl groups is 1. The van der Waals surface area contributed by atoms with Gasteiger partial charge in [0.05, 0.1) is 17.1 Å². The Morgan fingerprint density at radius 2 is 1.83 bits per heavy atom. The summed E-state index contributed by atoms with van der Waals surface area (Å²) in [4.78, 5) is 11.7. The normalized spacial score (nSPS) is 17.1. The van der Waals surface area contributed by atoms with Crippen molar-refractivity contribution >= 4 is 39.1 Å². The van der Waals surface area contributed by atoms with Crippen LogP contribution in [0.25, 0.3) is 0 Å². The van der Waals surface area contributed by atoms with Crippen LogP contribution in [0.2, 0.25) is 0 Å². The molecule has 0 bridgehead atoms. The number of fused-ring (bicyclic) bond motifs is 2. The number of phenolic OH excluding ortho intramolecular Hbond substituents is 1. The molecular weight excluding hydrogens is 446 g/mol. The molecule has 0 aliphatic carbocycles. The molecule has 3 heterocycles. The molecule has 0 radical (unpaired) electrons. The van der Waals surface area contributed by atoms with E-state index in [2.05, 4.69) is 73.2 Å². The summed E-state index contributed by atoms with van der Waals surface area (Å²) in [6.07, 6.45) is 3.98. The van der Waals surface area contributed by atoms with Crippen LogP contribution in [0.3, 0.4) is 0 Å². The molecule has 29 heavy (non-hydrogen) atoms. The van der Waals surface area contributed by atoms with E-state index in [0.29, 0.717) is 11.8 Å². The van der Waals surface area contributed by atoms with E-state index in [1.165, 1.54) is 10.6 Å². The molecule has 2 aliphatic rings. The second-order valence-corrected chi connectivity index (χ2v) is 9.54. The van der Waals surface area contributed by atoms with Gasteiger partial charge in [0.15, 0.2) is 0 Å². The van der Waals surface area contributed by atoms with E-state index in [1.807, 2.05) is 12.3 Å². The topological polar surface area (TPSA) is 39.6 Å². The molecule has 3 aromatic rings.